The Bertz CT molecular complexity index is 1200. The Kier molecular flexibility index (Phi) is 4.96. The van der Waals surface area contributed by atoms with E-state index in [0.717, 1.165) is 27.7 Å². The summed E-state index contributed by atoms with van der Waals surface area (Å²) in [5, 5.41) is 3.79. The molecular formula is C24H22N4O. The minimum atomic E-state index is -0.142. The second-order valence-corrected chi connectivity index (χ2v) is 7.31. The normalized spacial score (nSPS) is 11.0. The van der Waals surface area contributed by atoms with E-state index in [1.165, 1.54) is 11.9 Å². The van der Waals surface area contributed by atoms with Gasteiger partial charge in [0, 0.05) is 16.6 Å². The molecule has 0 unspecified atom stereocenters. The van der Waals surface area contributed by atoms with E-state index in [1.807, 2.05) is 60.7 Å². The molecule has 5 nitrogen and oxygen atoms in total. The molecule has 3 aromatic carbocycles. The molecule has 0 saturated carbocycles. The minimum absolute atomic E-state index is 0.142. The molecule has 0 spiro atoms. The largest absolute Gasteiger partial charge is 0.383 e. The third kappa shape index (κ3) is 3.94. The van der Waals surface area contributed by atoms with Crippen molar-refractivity contribution >= 4 is 28.3 Å². The van der Waals surface area contributed by atoms with E-state index >= 15 is 0 Å². The van der Waals surface area contributed by atoms with Crippen LogP contribution >= 0.6 is 0 Å². The number of carbonyl (C=O) groups excluding carboxylic acids is 1. The van der Waals surface area contributed by atoms with Crippen LogP contribution in [0.1, 0.15) is 35.7 Å². The maximum atomic E-state index is 12.8. The number of carbonyl (C=O) groups is 1. The molecule has 4 aromatic rings. The van der Waals surface area contributed by atoms with Gasteiger partial charge in [0.1, 0.15) is 12.1 Å². The van der Waals surface area contributed by atoms with Crippen molar-refractivity contribution in [3.05, 3.63) is 84.2 Å². The fraction of sp³-hybridized carbons (Fsp3) is 0.125. The molecule has 0 fully saturated rings. The Morgan fingerprint density at radius 1 is 0.931 bits per heavy atom. The summed E-state index contributed by atoms with van der Waals surface area (Å²) >= 11 is 0. The van der Waals surface area contributed by atoms with E-state index in [1.54, 1.807) is 0 Å². The minimum Gasteiger partial charge on any atom is -0.383 e. The summed E-state index contributed by atoms with van der Waals surface area (Å²) in [5.41, 5.74) is 11.2. The molecule has 0 saturated heterocycles. The van der Waals surface area contributed by atoms with Crippen molar-refractivity contribution in [3.8, 4) is 11.1 Å². The first-order valence-corrected chi connectivity index (χ1v) is 9.53. The quantitative estimate of drug-likeness (QED) is 0.505. The van der Waals surface area contributed by atoms with Crippen LogP contribution in [0.4, 0.5) is 11.5 Å². The Balaban J connectivity index is 1.63. The van der Waals surface area contributed by atoms with Crippen LogP contribution in [0.3, 0.4) is 0 Å². The highest BCUT2D eigenvalue weighted by Gasteiger charge is 2.10. The molecule has 1 heterocycles. The van der Waals surface area contributed by atoms with Gasteiger partial charge in [0.05, 0.1) is 5.52 Å². The number of rotatable bonds is 4. The smallest absolute Gasteiger partial charge is 0.255 e. The van der Waals surface area contributed by atoms with Crippen molar-refractivity contribution in [1.29, 1.82) is 0 Å². The van der Waals surface area contributed by atoms with E-state index in [0.29, 0.717) is 17.3 Å². The molecule has 144 valence electrons. The van der Waals surface area contributed by atoms with Crippen LogP contribution in [0, 0.1) is 0 Å². The van der Waals surface area contributed by atoms with Crippen LogP contribution in [-0.2, 0) is 0 Å². The Labute approximate surface area is 169 Å². The lowest BCUT2D eigenvalue weighted by atomic mass is 10.0. The topological polar surface area (TPSA) is 80.9 Å². The number of hydrogen-bond donors (Lipinski definition) is 2. The molecule has 1 aromatic heterocycles. The lowest BCUT2D eigenvalue weighted by molar-refractivity contribution is 0.102. The van der Waals surface area contributed by atoms with Gasteiger partial charge in [-0.15, -0.1) is 0 Å². The summed E-state index contributed by atoms with van der Waals surface area (Å²) in [6.45, 7) is 4.26. The number of fused-ring (bicyclic) bond motifs is 1. The molecule has 3 N–H and O–H groups in total. The van der Waals surface area contributed by atoms with Gasteiger partial charge in [0.2, 0.25) is 0 Å². The Morgan fingerprint density at radius 2 is 1.72 bits per heavy atom. The molecule has 0 aliphatic carbocycles. The standard InChI is InChI=1S/C24H22N4O/c1-15(2)16-5-4-8-20(12-16)28-24(29)19-7-3-6-17(11-19)18-9-10-22-21(13-18)23(25)27-14-26-22/h3-15H,1-2H3,(H,28,29)(H2,25,26,27). The average Bonchev–Trinajstić information content (AvgIpc) is 2.74. The molecule has 0 bridgehead atoms. The highest BCUT2D eigenvalue weighted by Crippen LogP contribution is 2.27. The van der Waals surface area contributed by atoms with Crippen molar-refractivity contribution in [3.63, 3.8) is 0 Å². The summed E-state index contributed by atoms with van der Waals surface area (Å²) in [6, 6.07) is 21.3. The summed E-state index contributed by atoms with van der Waals surface area (Å²) in [5.74, 6) is 0.701. The fourth-order valence-electron chi connectivity index (χ4n) is 3.27. The molecule has 1 amide bonds. The van der Waals surface area contributed by atoms with Gasteiger partial charge < -0.3 is 11.1 Å². The van der Waals surface area contributed by atoms with Crippen LogP contribution < -0.4 is 11.1 Å². The monoisotopic (exact) mass is 382 g/mol. The van der Waals surface area contributed by atoms with E-state index in [2.05, 4.69) is 35.2 Å². The summed E-state index contributed by atoms with van der Waals surface area (Å²) in [7, 11) is 0. The van der Waals surface area contributed by atoms with Gasteiger partial charge >= 0.3 is 0 Å². The van der Waals surface area contributed by atoms with E-state index < -0.39 is 0 Å². The zero-order valence-electron chi connectivity index (χ0n) is 16.4. The van der Waals surface area contributed by atoms with Gasteiger partial charge in [0.15, 0.2) is 0 Å². The zero-order chi connectivity index (χ0) is 20.4. The predicted octanol–water partition coefficient (Wildman–Crippen LogP) is 5.25. The van der Waals surface area contributed by atoms with Crippen molar-refractivity contribution in [2.45, 2.75) is 19.8 Å². The van der Waals surface area contributed by atoms with E-state index in [9.17, 15) is 4.79 Å². The summed E-state index contributed by atoms with van der Waals surface area (Å²) < 4.78 is 0. The molecule has 0 atom stereocenters. The lowest BCUT2D eigenvalue weighted by Gasteiger charge is -2.11. The maximum absolute atomic E-state index is 12.8. The van der Waals surface area contributed by atoms with E-state index in [4.69, 9.17) is 5.73 Å². The van der Waals surface area contributed by atoms with Crippen molar-refractivity contribution in [2.75, 3.05) is 11.1 Å². The van der Waals surface area contributed by atoms with E-state index in [-0.39, 0.29) is 5.91 Å². The number of amides is 1. The van der Waals surface area contributed by atoms with Gasteiger partial charge in [0.25, 0.3) is 5.91 Å². The molecule has 5 heteroatoms. The number of benzene rings is 3. The highest BCUT2D eigenvalue weighted by atomic mass is 16.1. The molecule has 4 rings (SSSR count). The second-order valence-electron chi connectivity index (χ2n) is 7.31. The number of anilines is 2. The number of nitrogen functional groups attached to an aromatic ring is 1. The second kappa shape index (κ2) is 7.72. The van der Waals surface area contributed by atoms with Crippen molar-refractivity contribution in [2.24, 2.45) is 0 Å². The molecule has 0 aliphatic rings. The third-order valence-electron chi connectivity index (χ3n) is 4.94. The first kappa shape index (κ1) is 18.6. The van der Waals surface area contributed by atoms with Gasteiger partial charge in [-0.05, 0) is 59.0 Å². The van der Waals surface area contributed by atoms with Crippen molar-refractivity contribution in [1.82, 2.24) is 9.97 Å². The number of nitrogens with two attached hydrogens (primary N) is 1. The number of hydrogen-bond acceptors (Lipinski definition) is 4. The molecular weight excluding hydrogens is 360 g/mol. The first-order valence-electron chi connectivity index (χ1n) is 9.53. The number of aromatic nitrogens is 2. The fourth-order valence-corrected chi connectivity index (χ4v) is 3.27. The van der Waals surface area contributed by atoms with Gasteiger partial charge in [-0.3, -0.25) is 4.79 Å². The summed E-state index contributed by atoms with van der Waals surface area (Å²) in [4.78, 5) is 21.1. The van der Waals surface area contributed by atoms with Gasteiger partial charge in [-0.25, -0.2) is 9.97 Å². The Hall–Kier alpha value is -3.73. The van der Waals surface area contributed by atoms with Gasteiger partial charge in [-0.1, -0.05) is 44.2 Å². The molecule has 29 heavy (non-hydrogen) atoms. The van der Waals surface area contributed by atoms with Gasteiger partial charge in [-0.2, -0.15) is 0 Å². The average molecular weight is 382 g/mol. The van der Waals surface area contributed by atoms with Crippen LogP contribution in [-0.4, -0.2) is 15.9 Å². The van der Waals surface area contributed by atoms with Crippen LogP contribution in [0.2, 0.25) is 0 Å². The predicted molar refractivity (Wildman–Crippen MR) is 118 cm³/mol. The summed E-state index contributed by atoms with van der Waals surface area (Å²) in [6.07, 6.45) is 1.45. The van der Waals surface area contributed by atoms with Crippen LogP contribution in [0.5, 0.6) is 0 Å². The zero-order valence-corrected chi connectivity index (χ0v) is 16.4. The number of nitrogens with one attached hydrogen (secondary N) is 1. The number of nitrogens with zero attached hydrogens (tertiary/aromatic N) is 2. The SMILES string of the molecule is CC(C)c1cccc(NC(=O)c2cccc(-c3ccc4ncnc(N)c4c3)c2)c1. The van der Waals surface area contributed by atoms with Crippen molar-refractivity contribution < 1.29 is 4.79 Å². The first-order chi connectivity index (χ1) is 14.0. The Morgan fingerprint density at radius 3 is 2.55 bits per heavy atom. The highest BCUT2D eigenvalue weighted by molar-refractivity contribution is 6.05. The molecule has 0 aliphatic heterocycles. The lowest BCUT2D eigenvalue weighted by Crippen LogP contribution is -2.12. The third-order valence-corrected chi connectivity index (χ3v) is 4.94. The van der Waals surface area contributed by atoms with Crippen LogP contribution in [0.15, 0.2) is 73.1 Å². The maximum Gasteiger partial charge on any atom is 0.255 e. The molecule has 0 radical (unpaired) electrons. The van der Waals surface area contributed by atoms with Crippen LogP contribution in [0.25, 0.3) is 22.0 Å².